The fraction of sp³-hybridized carbons (Fsp3) is 0.571. The Morgan fingerprint density at radius 1 is 1.11 bits per heavy atom. The van der Waals surface area contributed by atoms with E-state index in [1.54, 1.807) is 14.2 Å². The third kappa shape index (κ3) is 4.55. The summed E-state index contributed by atoms with van der Waals surface area (Å²) in [5.41, 5.74) is 0.993. The average Bonchev–Trinajstić information content (AvgIpc) is 2.36. The fourth-order valence-corrected chi connectivity index (χ4v) is 1.64. The van der Waals surface area contributed by atoms with Gasteiger partial charge in [-0.05, 0) is 31.5 Å². The van der Waals surface area contributed by atoms with E-state index < -0.39 is 6.10 Å². The van der Waals surface area contributed by atoms with Crippen molar-refractivity contribution in [3.63, 3.8) is 0 Å². The van der Waals surface area contributed by atoms with Crippen molar-refractivity contribution < 1.29 is 19.3 Å². The molecule has 1 rings (SSSR count). The molecule has 1 unspecified atom stereocenters. The number of methoxy groups -OCH3 is 2. The first kappa shape index (κ1) is 14.8. The van der Waals surface area contributed by atoms with Crippen LogP contribution in [-0.2, 0) is 11.2 Å². The maximum atomic E-state index is 9.84. The van der Waals surface area contributed by atoms with Crippen LogP contribution in [-0.4, -0.2) is 38.1 Å². The summed E-state index contributed by atoms with van der Waals surface area (Å²) in [6.07, 6.45) is 0.156. The van der Waals surface area contributed by atoms with Gasteiger partial charge in [-0.2, -0.15) is 0 Å². The van der Waals surface area contributed by atoms with Crippen molar-refractivity contribution in [2.45, 2.75) is 32.5 Å². The Morgan fingerprint density at radius 2 is 1.78 bits per heavy atom. The molecular formula is C14H22O4. The topological polar surface area (TPSA) is 47.9 Å². The molecule has 1 aromatic rings. The first-order valence-corrected chi connectivity index (χ1v) is 6.07. The zero-order chi connectivity index (χ0) is 13.5. The second-order valence-electron chi connectivity index (χ2n) is 4.43. The minimum atomic E-state index is -0.509. The van der Waals surface area contributed by atoms with Crippen molar-refractivity contribution in [2.75, 3.05) is 20.8 Å². The highest BCUT2D eigenvalue weighted by Crippen LogP contribution is 2.27. The maximum Gasteiger partial charge on any atom is 0.160 e. The van der Waals surface area contributed by atoms with Crippen LogP contribution in [0, 0.1) is 0 Å². The van der Waals surface area contributed by atoms with Gasteiger partial charge < -0.3 is 19.3 Å². The standard InChI is InChI=1S/C14H22O4/c1-10(2)18-9-12(15)7-11-5-6-13(16-3)14(8-11)17-4/h5-6,8,10,12,15H,7,9H2,1-4H3. The van der Waals surface area contributed by atoms with Gasteiger partial charge in [0, 0.05) is 6.42 Å². The van der Waals surface area contributed by atoms with Crippen LogP contribution in [0.1, 0.15) is 19.4 Å². The molecule has 0 aliphatic carbocycles. The largest absolute Gasteiger partial charge is 0.493 e. The van der Waals surface area contributed by atoms with Crippen LogP contribution in [0.4, 0.5) is 0 Å². The van der Waals surface area contributed by atoms with Gasteiger partial charge in [-0.1, -0.05) is 6.07 Å². The summed E-state index contributed by atoms with van der Waals surface area (Å²) < 4.78 is 15.8. The smallest absolute Gasteiger partial charge is 0.160 e. The Kier molecular flexibility index (Phi) is 5.95. The van der Waals surface area contributed by atoms with Crippen LogP contribution < -0.4 is 9.47 Å². The second-order valence-corrected chi connectivity index (χ2v) is 4.43. The first-order valence-electron chi connectivity index (χ1n) is 6.07. The zero-order valence-corrected chi connectivity index (χ0v) is 11.5. The zero-order valence-electron chi connectivity index (χ0n) is 11.5. The molecule has 1 N–H and O–H groups in total. The molecular weight excluding hydrogens is 232 g/mol. The minimum Gasteiger partial charge on any atom is -0.493 e. The van der Waals surface area contributed by atoms with Crippen molar-refractivity contribution in [1.82, 2.24) is 0 Å². The quantitative estimate of drug-likeness (QED) is 0.809. The summed E-state index contributed by atoms with van der Waals surface area (Å²) in [6, 6.07) is 5.63. The molecule has 1 atom stereocenters. The number of hydrogen-bond donors (Lipinski definition) is 1. The maximum absolute atomic E-state index is 9.84. The molecule has 0 amide bonds. The molecule has 0 aromatic heterocycles. The van der Waals surface area contributed by atoms with Crippen LogP contribution in [0.5, 0.6) is 11.5 Å². The van der Waals surface area contributed by atoms with Gasteiger partial charge in [-0.25, -0.2) is 0 Å². The van der Waals surface area contributed by atoms with E-state index in [-0.39, 0.29) is 6.10 Å². The van der Waals surface area contributed by atoms with E-state index in [1.165, 1.54) is 0 Å². The van der Waals surface area contributed by atoms with Crippen LogP contribution in [0.2, 0.25) is 0 Å². The Morgan fingerprint density at radius 3 is 2.33 bits per heavy atom. The summed E-state index contributed by atoms with van der Waals surface area (Å²) in [4.78, 5) is 0. The molecule has 0 radical (unpaired) electrons. The third-order valence-corrected chi connectivity index (χ3v) is 2.54. The lowest BCUT2D eigenvalue weighted by molar-refractivity contribution is 0.00619. The molecule has 0 bridgehead atoms. The van der Waals surface area contributed by atoms with E-state index in [4.69, 9.17) is 14.2 Å². The predicted octanol–water partition coefficient (Wildman–Crippen LogP) is 2.03. The Bertz CT molecular complexity index is 363. The lowest BCUT2D eigenvalue weighted by Gasteiger charge is -2.14. The number of hydrogen-bond acceptors (Lipinski definition) is 4. The van der Waals surface area contributed by atoms with Gasteiger partial charge in [0.25, 0.3) is 0 Å². The van der Waals surface area contributed by atoms with E-state index >= 15 is 0 Å². The highest BCUT2D eigenvalue weighted by Gasteiger charge is 2.10. The second kappa shape index (κ2) is 7.24. The minimum absolute atomic E-state index is 0.130. The first-order chi connectivity index (χ1) is 8.56. The molecule has 102 valence electrons. The summed E-state index contributed by atoms with van der Waals surface area (Å²) in [7, 11) is 3.20. The highest BCUT2D eigenvalue weighted by molar-refractivity contribution is 5.43. The number of rotatable bonds is 7. The van der Waals surface area contributed by atoms with Crippen LogP contribution in [0.3, 0.4) is 0 Å². The lowest BCUT2D eigenvalue weighted by atomic mass is 10.1. The predicted molar refractivity (Wildman–Crippen MR) is 70.3 cm³/mol. The number of aliphatic hydroxyl groups excluding tert-OH is 1. The number of benzene rings is 1. The monoisotopic (exact) mass is 254 g/mol. The molecule has 0 saturated carbocycles. The summed E-state index contributed by atoms with van der Waals surface area (Å²) in [6.45, 7) is 4.23. The molecule has 0 aliphatic heterocycles. The van der Waals surface area contributed by atoms with Crippen molar-refractivity contribution in [3.8, 4) is 11.5 Å². The average molecular weight is 254 g/mol. The van der Waals surface area contributed by atoms with Crippen LogP contribution >= 0.6 is 0 Å². The molecule has 0 aliphatic rings. The van der Waals surface area contributed by atoms with E-state index in [1.807, 2.05) is 32.0 Å². The highest BCUT2D eigenvalue weighted by atomic mass is 16.5. The summed E-state index contributed by atoms with van der Waals surface area (Å²) >= 11 is 0. The van der Waals surface area contributed by atoms with E-state index in [0.29, 0.717) is 24.5 Å². The van der Waals surface area contributed by atoms with Crippen molar-refractivity contribution in [1.29, 1.82) is 0 Å². The fourth-order valence-electron chi connectivity index (χ4n) is 1.64. The molecule has 0 spiro atoms. The number of aliphatic hydroxyl groups is 1. The Balaban J connectivity index is 2.61. The van der Waals surface area contributed by atoms with Gasteiger partial charge in [-0.15, -0.1) is 0 Å². The molecule has 4 heteroatoms. The van der Waals surface area contributed by atoms with Crippen LogP contribution in [0.15, 0.2) is 18.2 Å². The molecule has 0 heterocycles. The van der Waals surface area contributed by atoms with Gasteiger partial charge in [0.2, 0.25) is 0 Å². The van der Waals surface area contributed by atoms with E-state index in [2.05, 4.69) is 0 Å². The Labute approximate surface area is 108 Å². The molecule has 18 heavy (non-hydrogen) atoms. The normalized spacial score (nSPS) is 12.6. The molecule has 0 fully saturated rings. The number of ether oxygens (including phenoxy) is 3. The Hall–Kier alpha value is -1.26. The van der Waals surface area contributed by atoms with Crippen molar-refractivity contribution in [2.24, 2.45) is 0 Å². The van der Waals surface area contributed by atoms with Gasteiger partial charge in [0.05, 0.1) is 33.0 Å². The molecule has 1 aromatic carbocycles. The third-order valence-electron chi connectivity index (χ3n) is 2.54. The summed E-state index contributed by atoms with van der Waals surface area (Å²) in [5.74, 6) is 1.36. The SMILES string of the molecule is COc1ccc(CC(O)COC(C)C)cc1OC. The van der Waals surface area contributed by atoms with Crippen molar-refractivity contribution in [3.05, 3.63) is 23.8 Å². The molecule has 0 saturated heterocycles. The van der Waals surface area contributed by atoms with Gasteiger partial charge in [-0.3, -0.25) is 0 Å². The van der Waals surface area contributed by atoms with Crippen LogP contribution in [0.25, 0.3) is 0 Å². The van der Waals surface area contributed by atoms with Crippen molar-refractivity contribution >= 4 is 0 Å². The van der Waals surface area contributed by atoms with Gasteiger partial charge in [0.15, 0.2) is 11.5 Å². The van der Waals surface area contributed by atoms with E-state index in [0.717, 1.165) is 5.56 Å². The van der Waals surface area contributed by atoms with Gasteiger partial charge >= 0.3 is 0 Å². The van der Waals surface area contributed by atoms with E-state index in [9.17, 15) is 5.11 Å². The van der Waals surface area contributed by atoms with Gasteiger partial charge in [0.1, 0.15) is 0 Å². The molecule has 4 nitrogen and oxygen atoms in total. The summed E-state index contributed by atoms with van der Waals surface area (Å²) in [5, 5.41) is 9.84. The lowest BCUT2D eigenvalue weighted by Crippen LogP contribution is -2.20.